The summed E-state index contributed by atoms with van der Waals surface area (Å²) >= 11 is 0. The van der Waals surface area contributed by atoms with Crippen molar-refractivity contribution in [2.24, 2.45) is 5.92 Å². The minimum atomic E-state index is -0.658. The maximum absolute atomic E-state index is 14.0. The molecule has 0 aromatic heterocycles. The lowest BCUT2D eigenvalue weighted by Gasteiger charge is -2.36. The summed E-state index contributed by atoms with van der Waals surface area (Å²) in [5.74, 6) is 0.792. The number of nitrogens with one attached hydrogen (secondary N) is 1. The zero-order valence-corrected chi connectivity index (χ0v) is 13.2. The van der Waals surface area contributed by atoms with Crippen LogP contribution < -0.4 is 10.1 Å². The minimum absolute atomic E-state index is 0.142. The topological polar surface area (TPSA) is 41.5 Å². The zero-order chi connectivity index (χ0) is 15.5. The normalized spacial score (nSPS) is 27.4. The Labute approximate surface area is 126 Å². The highest BCUT2D eigenvalue weighted by molar-refractivity contribution is 5.30. The lowest BCUT2D eigenvalue weighted by atomic mass is 9.79. The van der Waals surface area contributed by atoms with Crippen LogP contribution in [0.15, 0.2) is 18.2 Å². The van der Waals surface area contributed by atoms with E-state index in [0.717, 1.165) is 19.3 Å². The maximum atomic E-state index is 14.0. The molecule has 0 radical (unpaired) electrons. The Morgan fingerprint density at radius 2 is 2.29 bits per heavy atom. The highest BCUT2D eigenvalue weighted by Gasteiger charge is 2.32. The summed E-state index contributed by atoms with van der Waals surface area (Å²) in [4.78, 5) is 0. The van der Waals surface area contributed by atoms with E-state index < -0.39 is 5.60 Å². The predicted molar refractivity (Wildman–Crippen MR) is 82.0 cm³/mol. The molecule has 2 N–H and O–H groups in total. The molecule has 4 heteroatoms. The molecule has 118 valence electrons. The van der Waals surface area contributed by atoms with Gasteiger partial charge in [-0.3, -0.25) is 0 Å². The molecule has 21 heavy (non-hydrogen) atoms. The van der Waals surface area contributed by atoms with Crippen LogP contribution in [-0.4, -0.2) is 24.4 Å². The first-order valence-corrected chi connectivity index (χ1v) is 7.73. The molecule has 1 fully saturated rings. The van der Waals surface area contributed by atoms with E-state index in [-0.39, 0.29) is 11.9 Å². The van der Waals surface area contributed by atoms with Crippen LogP contribution in [0.4, 0.5) is 4.39 Å². The molecule has 3 unspecified atom stereocenters. The summed E-state index contributed by atoms with van der Waals surface area (Å²) in [6.45, 7) is 4.60. The third kappa shape index (κ3) is 4.17. The van der Waals surface area contributed by atoms with Gasteiger partial charge < -0.3 is 15.2 Å². The Kier molecular flexibility index (Phi) is 5.22. The van der Waals surface area contributed by atoms with Gasteiger partial charge in [-0.2, -0.15) is 0 Å². The van der Waals surface area contributed by atoms with Gasteiger partial charge >= 0.3 is 0 Å². The number of halogens is 1. The average Bonchev–Trinajstić information content (AvgIpc) is 2.44. The lowest BCUT2D eigenvalue weighted by molar-refractivity contribution is -0.0135. The van der Waals surface area contributed by atoms with E-state index in [1.54, 1.807) is 12.1 Å². The van der Waals surface area contributed by atoms with E-state index in [1.807, 2.05) is 6.92 Å². The van der Waals surface area contributed by atoms with Crippen molar-refractivity contribution in [3.63, 3.8) is 0 Å². The summed E-state index contributed by atoms with van der Waals surface area (Å²) in [5, 5.41) is 13.9. The van der Waals surface area contributed by atoms with Gasteiger partial charge in [0.1, 0.15) is 11.6 Å². The molecule has 1 aliphatic rings. The molecule has 0 amide bonds. The molecule has 1 aromatic carbocycles. The van der Waals surface area contributed by atoms with Crippen LogP contribution in [0.25, 0.3) is 0 Å². The molecule has 1 saturated carbocycles. The molecule has 0 aliphatic heterocycles. The molecule has 0 heterocycles. The first-order chi connectivity index (χ1) is 9.93. The van der Waals surface area contributed by atoms with Crippen molar-refractivity contribution >= 4 is 0 Å². The quantitative estimate of drug-likeness (QED) is 0.874. The third-order valence-corrected chi connectivity index (χ3v) is 4.48. The number of hydrogen-bond acceptors (Lipinski definition) is 3. The molecular weight excluding hydrogens is 269 g/mol. The van der Waals surface area contributed by atoms with Gasteiger partial charge in [0, 0.05) is 24.2 Å². The SMILES string of the molecule is COc1ccc(C(C)NCC2(O)CCCC(C)C2)c(F)c1. The Bertz CT molecular complexity index is 480. The van der Waals surface area contributed by atoms with Gasteiger partial charge in [0.25, 0.3) is 0 Å². The summed E-state index contributed by atoms with van der Waals surface area (Å²) in [5.41, 5.74) is -0.0576. The van der Waals surface area contributed by atoms with Crippen molar-refractivity contribution in [1.29, 1.82) is 0 Å². The van der Waals surface area contributed by atoms with Crippen LogP contribution in [0, 0.1) is 11.7 Å². The number of aliphatic hydroxyl groups is 1. The fourth-order valence-electron chi connectivity index (χ4n) is 3.23. The van der Waals surface area contributed by atoms with Crippen LogP contribution in [0.5, 0.6) is 5.75 Å². The maximum Gasteiger partial charge on any atom is 0.131 e. The molecule has 0 bridgehead atoms. The van der Waals surface area contributed by atoms with Crippen LogP contribution in [-0.2, 0) is 0 Å². The molecular formula is C17H26FNO2. The molecule has 0 saturated heterocycles. The van der Waals surface area contributed by atoms with E-state index in [1.165, 1.54) is 19.6 Å². The highest BCUT2D eigenvalue weighted by Crippen LogP contribution is 2.32. The van der Waals surface area contributed by atoms with Crippen molar-refractivity contribution in [1.82, 2.24) is 5.32 Å². The minimum Gasteiger partial charge on any atom is -0.497 e. The summed E-state index contributed by atoms with van der Waals surface area (Å²) in [6.07, 6.45) is 3.88. The van der Waals surface area contributed by atoms with Gasteiger partial charge in [-0.15, -0.1) is 0 Å². The van der Waals surface area contributed by atoms with E-state index in [2.05, 4.69) is 12.2 Å². The first-order valence-electron chi connectivity index (χ1n) is 7.73. The Morgan fingerprint density at radius 3 is 2.90 bits per heavy atom. The fraction of sp³-hybridized carbons (Fsp3) is 0.647. The zero-order valence-electron chi connectivity index (χ0n) is 13.2. The number of hydrogen-bond donors (Lipinski definition) is 2. The van der Waals surface area contributed by atoms with Gasteiger partial charge in [0.15, 0.2) is 0 Å². The van der Waals surface area contributed by atoms with Gasteiger partial charge in [-0.1, -0.05) is 25.8 Å². The summed E-state index contributed by atoms with van der Waals surface area (Å²) in [6, 6.07) is 4.75. The molecule has 1 aliphatic carbocycles. The Hall–Kier alpha value is -1.13. The van der Waals surface area contributed by atoms with Crippen molar-refractivity contribution in [3.8, 4) is 5.75 Å². The van der Waals surface area contributed by atoms with E-state index in [0.29, 0.717) is 23.8 Å². The van der Waals surface area contributed by atoms with Crippen molar-refractivity contribution in [2.75, 3.05) is 13.7 Å². The molecule has 3 atom stereocenters. The monoisotopic (exact) mass is 295 g/mol. The van der Waals surface area contributed by atoms with Gasteiger partial charge in [-0.25, -0.2) is 4.39 Å². The van der Waals surface area contributed by atoms with E-state index in [9.17, 15) is 9.50 Å². The van der Waals surface area contributed by atoms with Crippen molar-refractivity contribution in [3.05, 3.63) is 29.6 Å². The standard InChI is InChI=1S/C17H26FNO2/c1-12-5-4-8-17(20,10-12)11-19-13(2)15-7-6-14(21-3)9-16(15)18/h6-7,9,12-13,19-20H,4-5,8,10-11H2,1-3H3. The predicted octanol–water partition coefficient (Wildman–Crippen LogP) is 3.43. The number of ether oxygens (including phenoxy) is 1. The fourth-order valence-corrected chi connectivity index (χ4v) is 3.23. The van der Waals surface area contributed by atoms with Crippen molar-refractivity contribution < 1.29 is 14.2 Å². The highest BCUT2D eigenvalue weighted by atomic mass is 19.1. The van der Waals surface area contributed by atoms with E-state index >= 15 is 0 Å². The summed E-state index contributed by atoms with van der Waals surface area (Å²) in [7, 11) is 1.52. The molecule has 1 aromatic rings. The second-order valence-electron chi connectivity index (χ2n) is 6.42. The second-order valence-corrected chi connectivity index (χ2v) is 6.42. The van der Waals surface area contributed by atoms with Gasteiger partial charge in [0.2, 0.25) is 0 Å². The number of benzene rings is 1. The first kappa shape index (κ1) is 16.2. The van der Waals surface area contributed by atoms with Crippen LogP contribution in [0.1, 0.15) is 51.1 Å². The van der Waals surface area contributed by atoms with Gasteiger partial charge in [-0.05, 0) is 31.7 Å². The van der Waals surface area contributed by atoms with Crippen LogP contribution in [0.3, 0.4) is 0 Å². The van der Waals surface area contributed by atoms with Crippen molar-refractivity contribution in [2.45, 2.75) is 51.2 Å². The van der Waals surface area contributed by atoms with Crippen LogP contribution in [0.2, 0.25) is 0 Å². The largest absolute Gasteiger partial charge is 0.497 e. The third-order valence-electron chi connectivity index (χ3n) is 4.48. The van der Waals surface area contributed by atoms with Crippen LogP contribution >= 0.6 is 0 Å². The Balaban J connectivity index is 1.96. The van der Waals surface area contributed by atoms with E-state index in [4.69, 9.17) is 4.74 Å². The molecule has 0 spiro atoms. The number of methoxy groups -OCH3 is 1. The summed E-state index contributed by atoms with van der Waals surface area (Å²) < 4.78 is 19.0. The second kappa shape index (κ2) is 6.75. The lowest BCUT2D eigenvalue weighted by Crippen LogP contribution is -2.44. The molecule has 2 rings (SSSR count). The average molecular weight is 295 g/mol. The number of rotatable bonds is 5. The Morgan fingerprint density at radius 1 is 1.52 bits per heavy atom. The smallest absolute Gasteiger partial charge is 0.131 e. The molecule has 3 nitrogen and oxygen atoms in total. The van der Waals surface area contributed by atoms with Gasteiger partial charge in [0.05, 0.1) is 12.7 Å².